The van der Waals surface area contributed by atoms with Gasteiger partial charge in [0.05, 0.1) is 25.6 Å². The van der Waals surface area contributed by atoms with E-state index in [-0.39, 0.29) is 24.8 Å². The van der Waals surface area contributed by atoms with Crippen LogP contribution in [0.25, 0.3) is 11.2 Å². The zero-order chi connectivity index (χ0) is 20.9. The van der Waals surface area contributed by atoms with Crippen LogP contribution < -0.4 is 5.32 Å². The molecule has 0 bridgehead atoms. The molecule has 1 fully saturated rings. The van der Waals surface area contributed by atoms with Crippen molar-refractivity contribution in [2.45, 2.75) is 18.9 Å². The van der Waals surface area contributed by atoms with Gasteiger partial charge in [0.15, 0.2) is 17.0 Å². The number of imidazole rings is 1. The number of aliphatic hydroxyl groups excluding tert-OH is 1. The van der Waals surface area contributed by atoms with Crippen LogP contribution >= 0.6 is 0 Å². The van der Waals surface area contributed by atoms with Gasteiger partial charge in [-0.2, -0.15) is 0 Å². The number of aliphatic hydroxyl groups is 1. The summed E-state index contributed by atoms with van der Waals surface area (Å²) in [6, 6.07) is 6.45. The third-order valence-electron chi connectivity index (χ3n) is 5.02. The number of ether oxygens (including phenoxy) is 2. The second kappa shape index (κ2) is 9.43. The smallest absolute Gasteiger partial charge is 0.167 e. The van der Waals surface area contributed by atoms with Crippen LogP contribution in [0.15, 0.2) is 36.9 Å². The van der Waals surface area contributed by atoms with Crippen molar-refractivity contribution in [3.8, 4) is 0 Å². The van der Waals surface area contributed by atoms with Gasteiger partial charge in [0.2, 0.25) is 0 Å². The van der Waals surface area contributed by atoms with Gasteiger partial charge in [-0.25, -0.2) is 19.3 Å². The summed E-state index contributed by atoms with van der Waals surface area (Å²) >= 11 is 0. The minimum atomic E-state index is -0.372. The van der Waals surface area contributed by atoms with Gasteiger partial charge in [0.25, 0.3) is 0 Å². The van der Waals surface area contributed by atoms with E-state index in [9.17, 15) is 9.50 Å². The van der Waals surface area contributed by atoms with E-state index >= 15 is 0 Å². The summed E-state index contributed by atoms with van der Waals surface area (Å²) in [5.74, 6) is 0.375. The zero-order valence-electron chi connectivity index (χ0n) is 16.7. The molecule has 1 aliphatic heterocycles. The molecule has 1 aromatic carbocycles. The first-order valence-electron chi connectivity index (χ1n) is 9.81. The SMILES string of the molecule is COCCNc1ncnc2c1ncn2[C@H]1CN(Cc2ccc(F)cc2)C[C@@H](CO)O1. The largest absolute Gasteiger partial charge is 0.394 e. The Hall–Kier alpha value is -2.66. The Labute approximate surface area is 173 Å². The fraction of sp³-hybridized carbons (Fsp3) is 0.450. The van der Waals surface area contributed by atoms with Crippen molar-refractivity contribution < 1.29 is 19.0 Å². The average molecular weight is 416 g/mol. The number of anilines is 1. The van der Waals surface area contributed by atoms with Gasteiger partial charge in [-0.3, -0.25) is 9.47 Å². The molecule has 2 atom stereocenters. The number of morpholine rings is 1. The van der Waals surface area contributed by atoms with E-state index < -0.39 is 0 Å². The number of benzene rings is 1. The van der Waals surface area contributed by atoms with Gasteiger partial charge in [-0.05, 0) is 17.7 Å². The number of nitrogens with zero attached hydrogens (tertiary/aromatic N) is 5. The number of fused-ring (bicyclic) bond motifs is 1. The number of halogens is 1. The van der Waals surface area contributed by atoms with Crippen LogP contribution in [-0.2, 0) is 16.0 Å². The number of methoxy groups -OCH3 is 1. The summed E-state index contributed by atoms with van der Waals surface area (Å²) in [4.78, 5) is 15.3. The summed E-state index contributed by atoms with van der Waals surface area (Å²) in [5, 5.41) is 12.9. The lowest BCUT2D eigenvalue weighted by molar-refractivity contribution is -0.135. The van der Waals surface area contributed by atoms with E-state index in [2.05, 4.69) is 25.2 Å². The molecule has 0 spiro atoms. The molecule has 0 unspecified atom stereocenters. The van der Waals surface area contributed by atoms with Crippen LogP contribution in [0.4, 0.5) is 10.2 Å². The topological polar surface area (TPSA) is 97.6 Å². The molecule has 0 radical (unpaired) electrons. The lowest BCUT2D eigenvalue weighted by Crippen LogP contribution is -2.46. The molecule has 0 amide bonds. The van der Waals surface area contributed by atoms with Crippen LogP contribution in [-0.4, -0.2) is 75.6 Å². The summed E-state index contributed by atoms with van der Waals surface area (Å²) in [7, 11) is 1.64. The fourth-order valence-corrected chi connectivity index (χ4v) is 3.59. The summed E-state index contributed by atoms with van der Waals surface area (Å²) in [5.41, 5.74) is 2.29. The fourth-order valence-electron chi connectivity index (χ4n) is 3.59. The number of hydrogen-bond donors (Lipinski definition) is 2. The molecule has 4 rings (SSSR count). The van der Waals surface area contributed by atoms with Gasteiger partial charge in [0.1, 0.15) is 18.4 Å². The van der Waals surface area contributed by atoms with Gasteiger partial charge in [-0.1, -0.05) is 12.1 Å². The van der Waals surface area contributed by atoms with Crippen LogP contribution in [0, 0.1) is 5.82 Å². The number of nitrogens with one attached hydrogen (secondary N) is 1. The maximum atomic E-state index is 13.2. The van der Waals surface area contributed by atoms with Crippen molar-refractivity contribution in [1.82, 2.24) is 24.4 Å². The third kappa shape index (κ3) is 4.57. The van der Waals surface area contributed by atoms with E-state index in [4.69, 9.17) is 9.47 Å². The molecule has 2 N–H and O–H groups in total. The number of aromatic nitrogens is 4. The molecule has 10 heteroatoms. The highest BCUT2D eigenvalue weighted by atomic mass is 19.1. The van der Waals surface area contributed by atoms with Crippen LogP contribution in [0.5, 0.6) is 0 Å². The van der Waals surface area contributed by atoms with Crippen molar-refractivity contribution in [3.05, 3.63) is 48.3 Å². The Bertz CT molecular complexity index is 967. The van der Waals surface area contributed by atoms with Gasteiger partial charge < -0.3 is 19.9 Å². The molecule has 2 aromatic heterocycles. The lowest BCUT2D eigenvalue weighted by Gasteiger charge is -2.37. The summed E-state index contributed by atoms with van der Waals surface area (Å²) in [6.45, 7) is 2.84. The Morgan fingerprint density at radius 2 is 2.07 bits per heavy atom. The summed E-state index contributed by atoms with van der Waals surface area (Å²) in [6.07, 6.45) is 2.45. The average Bonchev–Trinajstić information content (AvgIpc) is 3.20. The molecule has 3 heterocycles. The monoisotopic (exact) mass is 416 g/mol. The molecule has 9 nitrogen and oxygen atoms in total. The van der Waals surface area contributed by atoms with Crippen molar-refractivity contribution >= 4 is 17.0 Å². The van der Waals surface area contributed by atoms with Crippen molar-refractivity contribution in [2.75, 3.05) is 45.3 Å². The maximum absolute atomic E-state index is 13.2. The molecule has 0 aliphatic carbocycles. The van der Waals surface area contributed by atoms with E-state index in [1.807, 2.05) is 4.57 Å². The van der Waals surface area contributed by atoms with Crippen molar-refractivity contribution in [2.24, 2.45) is 0 Å². The van der Waals surface area contributed by atoms with Crippen molar-refractivity contribution in [1.29, 1.82) is 0 Å². The lowest BCUT2D eigenvalue weighted by atomic mass is 10.1. The molecule has 1 aliphatic rings. The molecule has 0 saturated carbocycles. The Morgan fingerprint density at radius 3 is 2.83 bits per heavy atom. The Kier molecular flexibility index (Phi) is 6.48. The Morgan fingerprint density at radius 1 is 1.23 bits per heavy atom. The molecule has 1 saturated heterocycles. The van der Waals surface area contributed by atoms with E-state index in [1.165, 1.54) is 18.5 Å². The molecule has 30 heavy (non-hydrogen) atoms. The summed E-state index contributed by atoms with van der Waals surface area (Å²) < 4.78 is 26.2. The standard InChI is InChI=1S/C20H25FN6O3/c1-29-7-6-22-19-18-20(24-12-23-19)27(13-25-18)17-10-26(9-16(11-28)30-17)8-14-2-4-15(21)5-3-14/h2-5,12-13,16-17,28H,6-11H2,1H3,(H,22,23,24)/t16-,17+/m0/s1. The molecular weight excluding hydrogens is 391 g/mol. The van der Waals surface area contributed by atoms with E-state index in [0.29, 0.717) is 49.8 Å². The highest BCUT2D eigenvalue weighted by Crippen LogP contribution is 2.26. The predicted molar refractivity (Wildman–Crippen MR) is 108 cm³/mol. The first kappa shape index (κ1) is 20.6. The van der Waals surface area contributed by atoms with E-state index in [1.54, 1.807) is 25.6 Å². The second-order valence-corrected chi connectivity index (χ2v) is 7.18. The van der Waals surface area contributed by atoms with Crippen LogP contribution in [0.1, 0.15) is 11.8 Å². The predicted octanol–water partition coefficient (Wildman–Crippen LogP) is 1.42. The van der Waals surface area contributed by atoms with Crippen molar-refractivity contribution in [3.63, 3.8) is 0 Å². The van der Waals surface area contributed by atoms with Gasteiger partial charge >= 0.3 is 0 Å². The number of hydrogen-bond acceptors (Lipinski definition) is 8. The zero-order valence-corrected chi connectivity index (χ0v) is 16.7. The highest BCUT2D eigenvalue weighted by molar-refractivity contribution is 5.82. The van der Waals surface area contributed by atoms with Crippen LogP contribution in [0.2, 0.25) is 0 Å². The first-order valence-corrected chi connectivity index (χ1v) is 9.81. The maximum Gasteiger partial charge on any atom is 0.167 e. The minimum Gasteiger partial charge on any atom is -0.394 e. The first-order chi connectivity index (χ1) is 14.7. The minimum absolute atomic E-state index is 0.0954. The van der Waals surface area contributed by atoms with Gasteiger partial charge in [-0.15, -0.1) is 0 Å². The third-order valence-corrected chi connectivity index (χ3v) is 5.02. The quantitative estimate of drug-likeness (QED) is 0.532. The second-order valence-electron chi connectivity index (χ2n) is 7.18. The molecular formula is C20H25FN6O3. The van der Waals surface area contributed by atoms with E-state index in [0.717, 1.165) is 5.56 Å². The Balaban J connectivity index is 1.55. The van der Waals surface area contributed by atoms with Crippen LogP contribution in [0.3, 0.4) is 0 Å². The number of rotatable bonds is 8. The molecule has 160 valence electrons. The van der Waals surface area contributed by atoms with Gasteiger partial charge in [0, 0.05) is 33.3 Å². The molecule has 3 aromatic rings. The highest BCUT2D eigenvalue weighted by Gasteiger charge is 2.30. The normalized spacial score (nSPS) is 20.0.